The van der Waals surface area contributed by atoms with E-state index in [2.05, 4.69) is 0 Å². The van der Waals surface area contributed by atoms with Crippen molar-refractivity contribution >= 4 is 24.0 Å². The second-order valence-corrected chi connectivity index (χ2v) is 3.68. The van der Waals surface area contributed by atoms with Gasteiger partial charge in [-0.1, -0.05) is 0 Å². The fourth-order valence-corrected chi connectivity index (χ4v) is 1.35. The first-order chi connectivity index (χ1) is 8.93. The average Bonchev–Trinajstić information content (AvgIpc) is 2.35. The van der Waals surface area contributed by atoms with Crippen LogP contribution in [0.15, 0.2) is 18.2 Å². The number of carbonyl (C=O) groups excluding carboxylic acids is 4. The van der Waals surface area contributed by atoms with Crippen LogP contribution in [-0.2, 0) is 25.7 Å². The van der Waals surface area contributed by atoms with E-state index in [4.69, 9.17) is 9.47 Å². The molecular weight excluding hydrogens is 268 g/mol. The van der Waals surface area contributed by atoms with Crippen LogP contribution in [0.2, 0.25) is 0 Å². The fourth-order valence-electron chi connectivity index (χ4n) is 1.35. The first kappa shape index (κ1) is 17.5. The van der Waals surface area contributed by atoms with Gasteiger partial charge in [-0.25, -0.2) is 0 Å². The van der Waals surface area contributed by atoms with Gasteiger partial charge in [0, 0.05) is 25.0 Å². The minimum absolute atomic E-state index is 0. The number of esters is 2. The number of hydrogen-bond acceptors (Lipinski definition) is 6. The lowest BCUT2D eigenvalue weighted by molar-refractivity contribution is -0.142. The molecule has 7 heteroatoms. The van der Waals surface area contributed by atoms with Crippen molar-refractivity contribution in [2.24, 2.45) is 0 Å². The molecule has 7 nitrogen and oxygen atoms in total. The Hall–Kier alpha value is -2.54. The maximum atomic E-state index is 11.3. The number of rotatable bonds is 5. The Kier molecular flexibility index (Phi) is 6.81. The van der Waals surface area contributed by atoms with Crippen molar-refractivity contribution < 1.29 is 34.1 Å². The van der Waals surface area contributed by atoms with Crippen molar-refractivity contribution in [3.05, 3.63) is 29.3 Å². The molecule has 0 radical (unpaired) electrons. The highest BCUT2D eigenvalue weighted by molar-refractivity contribution is 6.33. The lowest BCUT2D eigenvalue weighted by Gasteiger charge is -2.10. The molecule has 1 rings (SSSR count). The number of ether oxygens (including phenoxy) is 2. The smallest absolute Gasteiger partial charge is 0.308 e. The Morgan fingerprint density at radius 1 is 1.15 bits per heavy atom. The molecule has 1 aromatic rings. The lowest BCUT2D eigenvalue weighted by Crippen LogP contribution is -2.08. The predicted molar refractivity (Wildman–Crippen MR) is 67.2 cm³/mol. The highest BCUT2D eigenvalue weighted by Crippen LogP contribution is 2.21. The quantitative estimate of drug-likeness (QED) is 0.251. The van der Waals surface area contributed by atoms with Crippen LogP contribution in [-0.4, -0.2) is 29.5 Å². The maximum absolute atomic E-state index is 11.3. The molecule has 20 heavy (non-hydrogen) atoms. The van der Waals surface area contributed by atoms with Gasteiger partial charge in [0.25, 0.3) is 0 Å². The fraction of sp³-hybridized carbons (Fsp3) is 0.231. The monoisotopic (exact) mass is 282 g/mol. The highest BCUT2D eigenvalue weighted by Gasteiger charge is 2.12. The topological polar surface area (TPSA) is 118 Å². The molecule has 0 bridgehead atoms. The zero-order valence-electron chi connectivity index (χ0n) is 11.0. The number of aldehydes is 1. The Balaban J connectivity index is 0.00000361. The Morgan fingerprint density at radius 2 is 1.80 bits per heavy atom. The van der Waals surface area contributed by atoms with Crippen molar-refractivity contribution in [1.82, 2.24) is 0 Å². The molecule has 1 aromatic carbocycles. The van der Waals surface area contributed by atoms with E-state index in [1.807, 2.05) is 0 Å². The first-order valence-corrected chi connectivity index (χ1v) is 5.38. The van der Waals surface area contributed by atoms with Crippen LogP contribution in [0.4, 0.5) is 0 Å². The summed E-state index contributed by atoms with van der Waals surface area (Å²) in [7, 11) is 0. The third-order valence-electron chi connectivity index (χ3n) is 2.14. The van der Waals surface area contributed by atoms with Gasteiger partial charge in [-0.3, -0.25) is 19.2 Å². The molecule has 0 saturated carbocycles. The number of carbonyl (C=O) groups is 4. The number of ketones is 1. The molecule has 0 saturated heterocycles. The Morgan fingerprint density at radius 3 is 2.30 bits per heavy atom. The van der Waals surface area contributed by atoms with Gasteiger partial charge in [0.05, 0.1) is 0 Å². The Labute approximate surface area is 114 Å². The summed E-state index contributed by atoms with van der Waals surface area (Å²) in [6, 6.07) is 4.07. The Bertz CT molecular complexity index is 534. The van der Waals surface area contributed by atoms with Crippen molar-refractivity contribution in [3.63, 3.8) is 0 Å². The molecular formula is C13H14O7. The molecule has 0 aliphatic carbocycles. The van der Waals surface area contributed by atoms with Gasteiger partial charge in [-0.05, 0) is 18.2 Å². The standard InChI is InChI=1S/C13H12O6.H2O/c1-8(15)18-7-11-5-10(12(17)6-14)3-4-13(11)19-9(2)16;/h3-6H,7H2,1-2H3;1H2. The van der Waals surface area contributed by atoms with Gasteiger partial charge in [-0.15, -0.1) is 0 Å². The van der Waals surface area contributed by atoms with E-state index in [-0.39, 0.29) is 29.7 Å². The van der Waals surface area contributed by atoms with E-state index in [0.29, 0.717) is 5.56 Å². The largest absolute Gasteiger partial charge is 0.461 e. The summed E-state index contributed by atoms with van der Waals surface area (Å²) in [6.07, 6.45) is 0.177. The molecule has 2 N–H and O–H groups in total. The second-order valence-electron chi connectivity index (χ2n) is 3.68. The first-order valence-electron chi connectivity index (χ1n) is 5.38. The van der Waals surface area contributed by atoms with Gasteiger partial charge >= 0.3 is 11.9 Å². The van der Waals surface area contributed by atoms with Crippen LogP contribution in [0, 0.1) is 0 Å². The number of hydrogen-bond donors (Lipinski definition) is 0. The summed E-state index contributed by atoms with van der Waals surface area (Å²) in [4.78, 5) is 43.4. The SMILES string of the molecule is CC(=O)OCc1cc(C(=O)C=O)ccc1OC(C)=O.O. The second kappa shape index (κ2) is 7.80. The third-order valence-corrected chi connectivity index (χ3v) is 2.14. The van der Waals surface area contributed by atoms with Crippen LogP contribution in [0.3, 0.4) is 0 Å². The van der Waals surface area contributed by atoms with Gasteiger partial charge in [0.15, 0.2) is 6.29 Å². The lowest BCUT2D eigenvalue weighted by atomic mass is 10.1. The minimum Gasteiger partial charge on any atom is -0.461 e. The van der Waals surface area contributed by atoms with Crippen molar-refractivity contribution in [2.45, 2.75) is 20.5 Å². The zero-order valence-corrected chi connectivity index (χ0v) is 11.0. The summed E-state index contributed by atoms with van der Waals surface area (Å²) in [6.45, 7) is 2.30. The van der Waals surface area contributed by atoms with E-state index in [0.717, 1.165) is 0 Å². The summed E-state index contributed by atoms with van der Waals surface area (Å²) < 4.78 is 9.70. The highest BCUT2D eigenvalue weighted by atomic mass is 16.5. The van der Waals surface area contributed by atoms with Crippen molar-refractivity contribution in [2.75, 3.05) is 0 Å². The molecule has 0 heterocycles. The molecule has 0 aliphatic heterocycles. The van der Waals surface area contributed by atoms with E-state index < -0.39 is 17.7 Å². The molecule has 108 valence electrons. The van der Waals surface area contributed by atoms with Crippen LogP contribution >= 0.6 is 0 Å². The summed E-state index contributed by atoms with van der Waals surface area (Å²) >= 11 is 0. The molecule has 0 fully saturated rings. The van der Waals surface area contributed by atoms with E-state index in [9.17, 15) is 19.2 Å². The van der Waals surface area contributed by atoms with Gasteiger partial charge in [0.1, 0.15) is 12.4 Å². The normalized spacial score (nSPS) is 9.10. The molecule has 0 spiro atoms. The molecule has 0 aliphatic rings. The van der Waals surface area contributed by atoms with Crippen LogP contribution in [0.1, 0.15) is 29.8 Å². The van der Waals surface area contributed by atoms with Gasteiger partial charge < -0.3 is 14.9 Å². The van der Waals surface area contributed by atoms with Gasteiger partial charge in [-0.2, -0.15) is 0 Å². The molecule has 0 unspecified atom stereocenters. The average molecular weight is 282 g/mol. The van der Waals surface area contributed by atoms with Crippen LogP contribution in [0.5, 0.6) is 5.75 Å². The van der Waals surface area contributed by atoms with E-state index in [1.165, 1.54) is 32.0 Å². The molecule has 0 aromatic heterocycles. The zero-order chi connectivity index (χ0) is 14.4. The summed E-state index contributed by atoms with van der Waals surface area (Å²) in [5.41, 5.74) is 0.464. The number of Topliss-reactive ketones (excluding diaryl/α,β-unsaturated/α-hetero) is 1. The van der Waals surface area contributed by atoms with E-state index in [1.54, 1.807) is 0 Å². The summed E-state index contributed by atoms with van der Waals surface area (Å²) in [5, 5.41) is 0. The van der Waals surface area contributed by atoms with E-state index >= 15 is 0 Å². The molecule has 0 atom stereocenters. The maximum Gasteiger partial charge on any atom is 0.308 e. The summed E-state index contributed by atoms with van der Waals surface area (Å²) in [5.74, 6) is -1.59. The van der Waals surface area contributed by atoms with Crippen LogP contribution in [0.25, 0.3) is 0 Å². The molecule has 0 amide bonds. The van der Waals surface area contributed by atoms with Crippen molar-refractivity contribution in [1.29, 1.82) is 0 Å². The predicted octanol–water partition coefficient (Wildman–Crippen LogP) is 0.232. The third kappa shape index (κ3) is 4.99. The van der Waals surface area contributed by atoms with Crippen LogP contribution < -0.4 is 4.74 Å². The minimum atomic E-state index is -0.710. The van der Waals surface area contributed by atoms with Gasteiger partial charge in [0.2, 0.25) is 5.78 Å². The van der Waals surface area contributed by atoms with Crippen molar-refractivity contribution in [3.8, 4) is 5.75 Å². The number of benzene rings is 1.